The van der Waals surface area contributed by atoms with Gasteiger partial charge < -0.3 is 10.1 Å². The molecule has 0 aliphatic heterocycles. The van der Waals surface area contributed by atoms with Crippen LogP contribution in [0.4, 0.5) is 10.5 Å². The number of anilines is 1. The summed E-state index contributed by atoms with van der Waals surface area (Å²) in [4.78, 5) is 15.4. The Morgan fingerprint density at radius 1 is 1.21 bits per heavy atom. The van der Waals surface area contributed by atoms with E-state index < -0.39 is 6.03 Å². The van der Waals surface area contributed by atoms with E-state index in [9.17, 15) is 4.79 Å². The predicted molar refractivity (Wildman–Crippen MR) is 52.2 cm³/mol. The Hall–Kier alpha value is -1.75. The molecule has 0 saturated carbocycles. The lowest BCUT2D eigenvalue weighted by Crippen LogP contribution is -2.27. The van der Waals surface area contributed by atoms with Crippen LogP contribution in [0.5, 0.6) is 5.75 Å². The van der Waals surface area contributed by atoms with Crippen LogP contribution in [0.2, 0.25) is 0 Å². The van der Waals surface area contributed by atoms with Crippen molar-refractivity contribution < 1.29 is 14.4 Å². The lowest BCUT2D eigenvalue weighted by Gasteiger charge is -2.05. The van der Waals surface area contributed by atoms with Crippen LogP contribution in [0.3, 0.4) is 0 Å². The van der Waals surface area contributed by atoms with Gasteiger partial charge >= 0.3 is 6.03 Å². The van der Waals surface area contributed by atoms with Crippen molar-refractivity contribution in [1.29, 1.82) is 0 Å². The second-order valence-electron chi connectivity index (χ2n) is 2.49. The fourth-order valence-corrected chi connectivity index (χ4v) is 0.924. The van der Waals surface area contributed by atoms with Gasteiger partial charge in [-0.3, -0.25) is 4.84 Å². The molecule has 2 amide bonds. The maximum atomic E-state index is 11.0. The second kappa shape index (κ2) is 5.08. The van der Waals surface area contributed by atoms with Crippen LogP contribution in [-0.4, -0.2) is 20.3 Å². The molecule has 0 spiro atoms. The van der Waals surface area contributed by atoms with Crippen LogP contribution in [0.25, 0.3) is 0 Å². The molecule has 76 valence electrons. The molecular weight excluding hydrogens is 184 g/mol. The monoisotopic (exact) mass is 196 g/mol. The lowest BCUT2D eigenvalue weighted by molar-refractivity contribution is 0.114. The minimum absolute atomic E-state index is 0.419. The molecule has 0 aromatic heterocycles. The topological polar surface area (TPSA) is 59.6 Å². The van der Waals surface area contributed by atoms with E-state index in [2.05, 4.69) is 15.6 Å². The SMILES string of the molecule is CONC(=O)Nc1ccc(OC)cc1. The quantitative estimate of drug-likeness (QED) is 0.718. The fourth-order valence-electron chi connectivity index (χ4n) is 0.924. The average Bonchev–Trinajstić information content (AvgIpc) is 2.19. The molecule has 2 N–H and O–H groups in total. The number of carbonyl (C=O) groups is 1. The van der Waals surface area contributed by atoms with E-state index >= 15 is 0 Å². The first-order valence-corrected chi connectivity index (χ1v) is 4.00. The van der Waals surface area contributed by atoms with Crippen LogP contribution in [0.15, 0.2) is 24.3 Å². The predicted octanol–water partition coefficient (Wildman–Crippen LogP) is 1.38. The molecule has 5 heteroatoms. The van der Waals surface area contributed by atoms with Gasteiger partial charge in [-0.25, -0.2) is 10.3 Å². The molecule has 0 heterocycles. The van der Waals surface area contributed by atoms with Gasteiger partial charge in [-0.05, 0) is 24.3 Å². The highest BCUT2D eigenvalue weighted by Gasteiger charge is 1.99. The Morgan fingerprint density at radius 3 is 2.36 bits per heavy atom. The van der Waals surface area contributed by atoms with Crippen molar-refractivity contribution in [2.75, 3.05) is 19.5 Å². The first-order valence-electron chi connectivity index (χ1n) is 4.00. The standard InChI is InChI=1S/C9H12N2O3/c1-13-8-5-3-7(4-6-8)10-9(12)11-14-2/h3-6H,1-2H3,(H2,10,11,12). The lowest BCUT2D eigenvalue weighted by atomic mass is 10.3. The molecule has 1 aromatic carbocycles. The van der Waals surface area contributed by atoms with Crippen molar-refractivity contribution in [1.82, 2.24) is 5.48 Å². The van der Waals surface area contributed by atoms with Gasteiger partial charge in [0, 0.05) is 5.69 Å². The molecule has 0 aliphatic carbocycles. The third-order valence-electron chi connectivity index (χ3n) is 1.54. The smallest absolute Gasteiger partial charge is 0.343 e. The molecule has 1 rings (SSSR count). The Morgan fingerprint density at radius 2 is 1.86 bits per heavy atom. The molecule has 0 atom stereocenters. The van der Waals surface area contributed by atoms with Crippen molar-refractivity contribution in [2.45, 2.75) is 0 Å². The Bertz CT molecular complexity index is 297. The number of methoxy groups -OCH3 is 1. The summed E-state index contributed by atoms with van der Waals surface area (Å²) in [6.07, 6.45) is 0. The second-order valence-corrected chi connectivity index (χ2v) is 2.49. The van der Waals surface area contributed by atoms with Gasteiger partial charge in [-0.2, -0.15) is 0 Å². The van der Waals surface area contributed by atoms with E-state index in [1.54, 1.807) is 31.4 Å². The molecule has 0 radical (unpaired) electrons. The van der Waals surface area contributed by atoms with Crippen LogP contribution in [0, 0.1) is 0 Å². The molecule has 0 unspecified atom stereocenters. The minimum atomic E-state index is -0.419. The van der Waals surface area contributed by atoms with Gasteiger partial charge in [0.1, 0.15) is 5.75 Å². The number of benzene rings is 1. The number of rotatable bonds is 3. The summed E-state index contributed by atoms with van der Waals surface area (Å²) in [6.45, 7) is 0. The molecule has 14 heavy (non-hydrogen) atoms. The van der Waals surface area contributed by atoms with Crippen molar-refractivity contribution in [3.8, 4) is 5.75 Å². The van der Waals surface area contributed by atoms with Crippen molar-refractivity contribution in [3.63, 3.8) is 0 Å². The van der Waals surface area contributed by atoms with E-state index in [-0.39, 0.29) is 0 Å². The molecule has 0 bridgehead atoms. The molecular formula is C9H12N2O3. The van der Waals surface area contributed by atoms with Crippen LogP contribution >= 0.6 is 0 Å². The van der Waals surface area contributed by atoms with Crippen LogP contribution < -0.4 is 15.5 Å². The largest absolute Gasteiger partial charge is 0.497 e. The van der Waals surface area contributed by atoms with Gasteiger partial charge in [-0.15, -0.1) is 0 Å². The van der Waals surface area contributed by atoms with Gasteiger partial charge in [-0.1, -0.05) is 0 Å². The molecule has 0 saturated heterocycles. The Labute approximate surface area is 82.0 Å². The third kappa shape index (κ3) is 2.95. The number of amides is 2. The highest BCUT2D eigenvalue weighted by molar-refractivity contribution is 5.88. The van der Waals surface area contributed by atoms with Crippen molar-refractivity contribution >= 4 is 11.7 Å². The van der Waals surface area contributed by atoms with E-state index in [1.807, 2.05) is 0 Å². The summed E-state index contributed by atoms with van der Waals surface area (Å²) >= 11 is 0. The minimum Gasteiger partial charge on any atom is -0.497 e. The molecule has 1 aromatic rings. The molecule has 5 nitrogen and oxygen atoms in total. The zero-order chi connectivity index (χ0) is 10.4. The zero-order valence-electron chi connectivity index (χ0n) is 8.03. The summed E-state index contributed by atoms with van der Waals surface area (Å²) in [6, 6.07) is 6.55. The zero-order valence-corrected chi connectivity index (χ0v) is 8.03. The summed E-state index contributed by atoms with van der Waals surface area (Å²) in [5.41, 5.74) is 2.81. The molecule has 0 fully saturated rings. The summed E-state index contributed by atoms with van der Waals surface area (Å²) in [5.74, 6) is 0.739. The highest BCUT2D eigenvalue weighted by atomic mass is 16.6. The van der Waals surface area contributed by atoms with Crippen molar-refractivity contribution in [3.05, 3.63) is 24.3 Å². The van der Waals surface area contributed by atoms with E-state index in [4.69, 9.17) is 4.74 Å². The Balaban J connectivity index is 2.55. The first-order chi connectivity index (χ1) is 6.76. The van der Waals surface area contributed by atoms with E-state index in [1.165, 1.54) is 7.11 Å². The summed E-state index contributed by atoms with van der Waals surface area (Å²) in [5, 5.41) is 2.56. The normalized spacial score (nSPS) is 9.29. The number of hydrogen-bond acceptors (Lipinski definition) is 3. The third-order valence-corrected chi connectivity index (χ3v) is 1.54. The maximum Gasteiger partial charge on any atom is 0.343 e. The first kappa shape index (κ1) is 10.3. The van der Waals surface area contributed by atoms with E-state index in [0.717, 1.165) is 5.75 Å². The number of nitrogens with one attached hydrogen (secondary N) is 2. The van der Waals surface area contributed by atoms with Crippen LogP contribution in [-0.2, 0) is 4.84 Å². The molecule has 0 aliphatic rings. The van der Waals surface area contributed by atoms with E-state index in [0.29, 0.717) is 5.69 Å². The van der Waals surface area contributed by atoms with Gasteiger partial charge in [0.15, 0.2) is 0 Å². The summed E-state index contributed by atoms with van der Waals surface area (Å²) < 4.78 is 4.97. The highest BCUT2D eigenvalue weighted by Crippen LogP contribution is 2.14. The fraction of sp³-hybridized carbons (Fsp3) is 0.222. The number of carbonyl (C=O) groups excluding carboxylic acids is 1. The number of hydrogen-bond donors (Lipinski definition) is 2. The number of hydroxylamine groups is 1. The van der Waals surface area contributed by atoms with Crippen molar-refractivity contribution in [2.24, 2.45) is 0 Å². The van der Waals surface area contributed by atoms with Gasteiger partial charge in [0.05, 0.1) is 14.2 Å². The number of urea groups is 1. The maximum absolute atomic E-state index is 11.0. The van der Waals surface area contributed by atoms with Gasteiger partial charge in [0.2, 0.25) is 0 Å². The number of ether oxygens (including phenoxy) is 1. The Kier molecular flexibility index (Phi) is 3.75. The van der Waals surface area contributed by atoms with Gasteiger partial charge in [0.25, 0.3) is 0 Å². The van der Waals surface area contributed by atoms with Crippen LogP contribution in [0.1, 0.15) is 0 Å². The average molecular weight is 196 g/mol. The summed E-state index contributed by atoms with van der Waals surface area (Å²) in [7, 11) is 2.95.